The van der Waals surface area contributed by atoms with Crippen molar-refractivity contribution in [2.45, 2.75) is 38.1 Å². The van der Waals surface area contributed by atoms with Crippen LogP contribution in [0.15, 0.2) is 12.7 Å². The van der Waals surface area contributed by atoms with Gasteiger partial charge in [0.1, 0.15) is 0 Å². The molecule has 0 aromatic rings. The summed E-state index contributed by atoms with van der Waals surface area (Å²) in [6.07, 6.45) is 7.19. The van der Waals surface area contributed by atoms with Crippen molar-refractivity contribution < 1.29 is 4.79 Å². The van der Waals surface area contributed by atoms with Gasteiger partial charge in [-0.05, 0) is 25.8 Å². The van der Waals surface area contributed by atoms with E-state index in [0.29, 0.717) is 19.0 Å². The summed E-state index contributed by atoms with van der Waals surface area (Å²) in [5.41, 5.74) is 0. The first-order valence-corrected chi connectivity index (χ1v) is 5.82. The molecule has 1 N–H and O–H groups in total. The second-order valence-corrected chi connectivity index (χ2v) is 4.25. The molecule has 1 unspecified atom stereocenters. The highest BCUT2D eigenvalue weighted by Gasteiger charge is 2.15. The monoisotopic (exact) mass is 210 g/mol. The Labute approximate surface area is 92.5 Å². The van der Waals surface area contributed by atoms with Crippen LogP contribution in [0.5, 0.6) is 0 Å². The standard InChI is InChI=1S/C12H22N2O/c1-3-10-14(2)12(15)8-7-11-6-4-5-9-13-11/h3,11,13H,1,4-10H2,2H3. The van der Waals surface area contributed by atoms with Gasteiger partial charge in [-0.2, -0.15) is 0 Å². The Morgan fingerprint density at radius 3 is 3.00 bits per heavy atom. The average Bonchev–Trinajstić information content (AvgIpc) is 2.27. The predicted octanol–water partition coefficient (Wildman–Crippen LogP) is 1.55. The van der Waals surface area contributed by atoms with Gasteiger partial charge in [0.15, 0.2) is 0 Å². The molecule has 3 nitrogen and oxygen atoms in total. The fourth-order valence-corrected chi connectivity index (χ4v) is 1.95. The molecule has 3 heteroatoms. The Morgan fingerprint density at radius 1 is 1.60 bits per heavy atom. The molecule has 0 saturated carbocycles. The van der Waals surface area contributed by atoms with Crippen molar-refractivity contribution in [3.63, 3.8) is 0 Å². The van der Waals surface area contributed by atoms with E-state index < -0.39 is 0 Å². The number of hydrogen-bond donors (Lipinski definition) is 1. The summed E-state index contributed by atoms with van der Waals surface area (Å²) < 4.78 is 0. The van der Waals surface area contributed by atoms with Crippen molar-refractivity contribution in [2.75, 3.05) is 20.1 Å². The summed E-state index contributed by atoms with van der Waals surface area (Å²) in [5, 5.41) is 3.45. The van der Waals surface area contributed by atoms with Gasteiger partial charge in [0, 0.05) is 26.1 Å². The minimum absolute atomic E-state index is 0.224. The van der Waals surface area contributed by atoms with E-state index in [2.05, 4.69) is 11.9 Å². The second kappa shape index (κ2) is 6.62. The Bertz CT molecular complexity index is 210. The van der Waals surface area contributed by atoms with Crippen molar-refractivity contribution in [2.24, 2.45) is 0 Å². The molecular formula is C12H22N2O. The first-order chi connectivity index (χ1) is 7.24. The Balaban J connectivity index is 2.17. The second-order valence-electron chi connectivity index (χ2n) is 4.25. The topological polar surface area (TPSA) is 32.3 Å². The van der Waals surface area contributed by atoms with Gasteiger partial charge in [-0.25, -0.2) is 0 Å². The molecule has 1 saturated heterocycles. The lowest BCUT2D eigenvalue weighted by Crippen LogP contribution is -2.35. The van der Waals surface area contributed by atoms with Crippen LogP contribution in [0.25, 0.3) is 0 Å². The van der Waals surface area contributed by atoms with Crippen LogP contribution in [-0.2, 0) is 4.79 Å². The molecule has 0 spiro atoms. The van der Waals surface area contributed by atoms with Gasteiger partial charge in [0.05, 0.1) is 0 Å². The zero-order valence-electron chi connectivity index (χ0n) is 9.67. The number of nitrogens with zero attached hydrogens (tertiary/aromatic N) is 1. The predicted molar refractivity (Wildman–Crippen MR) is 62.7 cm³/mol. The lowest BCUT2D eigenvalue weighted by atomic mass is 10.0. The normalized spacial score (nSPS) is 21.0. The minimum atomic E-state index is 0.224. The lowest BCUT2D eigenvalue weighted by molar-refractivity contribution is -0.129. The van der Waals surface area contributed by atoms with Gasteiger partial charge in [-0.15, -0.1) is 6.58 Å². The van der Waals surface area contributed by atoms with Crippen LogP contribution in [0.3, 0.4) is 0 Å². The summed E-state index contributed by atoms with van der Waals surface area (Å²) >= 11 is 0. The number of nitrogens with one attached hydrogen (secondary N) is 1. The number of amides is 1. The van der Waals surface area contributed by atoms with Gasteiger partial charge >= 0.3 is 0 Å². The van der Waals surface area contributed by atoms with Gasteiger partial charge in [0.2, 0.25) is 5.91 Å². The van der Waals surface area contributed by atoms with E-state index in [1.807, 2.05) is 7.05 Å². The van der Waals surface area contributed by atoms with Crippen molar-refractivity contribution in [1.82, 2.24) is 10.2 Å². The molecule has 15 heavy (non-hydrogen) atoms. The Kier molecular flexibility index (Phi) is 5.40. The first-order valence-electron chi connectivity index (χ1n) is 5.82. The molecule has 0 bridgehead atoms. The van der Waals surface area contributed by atoms with Crippen molar-refractivity contribution in [3.05, 3.63) is 12.7 Å². The third-order valence-corrected chi connectivity index (χ3v) is 2.95. The van der Waals surface area contributed by atoms with Gasteiger partial charge in [0.25, 0.3) is 0 Å². The van der Waals surface area contributed by atoms with Gasteiger partial charge in [-0.1, -0.05) is 12.5 Å². The summed E-state index contributed by atoms with van der Waals surface area (Å²) in [7, 11) is 1.83. The van der Waals surface area contributed by atoms with E-state index in [4.69, 9.17) is 0 Å². The Hall–Kier alpha value is -0.830. The highest BCUT2D eigenvalue weighted by molar-refractivity contribution is 5.76. The maximum absolute atomic E-state index is 11.6. The minimum Gasteiger partial charge on any atom is -0.342 e. The molecule has 1 heterocycles. The molecule has 1 rings (SSSR count). The molecule has 1 amide bonds. The van der Waals surface area contributed by atoms with Crippen molar-refractivity contribution in [1.29, 1.82) is 0 Å². The number of likely N-dealkylation sites (N-methyl/N-ethyl adjacent to an activating group) is 1. The Morgan fingerprint density at radius 2 is 2.40 bits per heavy atom. The molecule has 1 fully saturated rings. The van der Waals surface area contributed by atoms with E-state index in [9.17, 15) is 4.79 Å². The van der Waals surface area contributed by atoms with Crippen LogP contribution >= 0.6 is 0 Å². The largest absolute Gasteiger partial charge is 0.342 e. The van der Waals surface area contributed by atoms with Crippen LogP contribution in [0.4, 0.5) is 0 Å². The molecule has 1 atom stereocenters. The quantitative estimate of drug-likeness (QED) is 0.698. The zero-order chi connectivity index (χ0) is 11.1. The highest BCUT2D eigenvalue weighted by atomic mass is 16.2. The third-order valence-electron chi connectivity index (χ3n) is 2.95. The van der Waals surface area contributed by atoms with E-state index >= 15 is 0 Å². The molecule has 0 aromatic carbocycles. The highest BCUT2D eigenvalue weighted by Crippen LogP contribution is 2.12. The van der Waals surface area contributed by atoms with E-state index in [1.54, 1.807) is 11.0 Å². The number of carbonyl (C=O) groups is 1. The average molecular weight is 210 g/mol. The molecular weight excluding hydrogens is 188 g/mol. The van der Waals surface area contributed by atoms with Crippen LogP contribution in [0.2, 0.25) is 0 Å². The van der Waals surface area contributed by atoms with E-state index in [0.717, 1.165) is 13.0 Å². The fraction of sp³-hybridized carbons (Fsp3) is 0.750. The zero-order valence-corrected chi connectivity index (χ0v) is 9.67. The summed E-state index contributed by atoms with van der Waals surface area (Å²) in [6.45, 7) is 5.39. The van der Waals surface area contributed by atoms with Crippen LogP contribution < -0.4 is 5.32 Å². The van der Waals surface area contributed by atoms with Crippen LogP contribution in [0.1, 0.15) is 32.1 Å². The van der Waals surface area contributed by atoms with Gasteiger partial charge in [-0.3, -0.25) is 4.79 Å². The summed E-state index contributed by atoms with van der Waals surface area (Å²) in [6, 6.07) is 0.555. The molecule has 0 aliphatic carbocycles. The van der Waals surface area contributed by atoms with E-state index in [1.165, 1.54) is 19.3 Å². The summed E-state index contributed by atoms with van der Waals surface area (Å²) in [4.78, 5) is 13.4. The van der Waals surface area contributed by atoms with E-state index in [-0.39, 0.29) is 5.91 Å². The lowest BCUT2D eigenvalue weighted by Gasteiger charge is -2.24. The summed E-state index contributed by atoms with van der Waals surface area (Å²) in [5.74, 6) is 0.224. The van der Waals surface area contributed by atoms with Gasteiger partial charge < -0.3 is 10.2 Å². The smallest absolute Gasteiger partial charge is 0.222 e. The van der Waals surface area contributed by atoms with Crippen molar-refractivity contribution in [3.8, 4) is 0 Å². The fourth-order valence-electron chi connectivity index (χ4n) is 1.95. The van der Waals surface area contributed by atoms with Crippen LogP contribution in [-0.4, -0.2) is 37.0 Å². The number of piperidine rings is 1. The first kappa shape index (κ1) is 12.2. The van der Waals surface area contributed by atoms with Crippen LogP contribution in [0, 0.1) is 0 Å². The molecule has 1 aliphatic heterocycles. The SMILES string of the molecule is C=CCN(C)C(=O)CCC1CCCCN1. The van der Waals surface area contributed by atoms with Crippen molar-refractivity contribution >= 4 is 5.91 Å². The molecule has 0 radical (unpaired) electrons. The maximum Gasteiger partial charge on any atom is 0.222 e. The number of rotatable bonds is 5. The maximum atomic E-state index is 11.6. The number of hydrogen-bond acceptors (Lipinski definition) is 2. The molecule has 1 aliphatic rings. The molecule has 86 valence electrons. The third kappa shape index (κ3) is 4.47. The number of carbonyl (C=O) groups excluding carboxylic acids is 1. The molecule has 0 aromatic heterocycles.